The van der Waals surface area contributed by atoms with E-state index in [-0.39, 0.29) is 10.6 Å². The lowest BCUT2D eigenvalue weighted by atomic mass is 10.00. The van der Waals surface area contributed by atoms with Gasteiger partial charge in [0.25, 0.3) is 0 Å². The summed E-state index contributed by atoms with van der Waals surface area (Å²) in [5.74, 6) is -0.158. The second kappa shape index (κ2) is 4.13. The molecule has 0 saturated heterocycles. The molecule has 0 atom stereocenters. The van der Waals surface area contributed by atoms with E-state index in [9.17, 15) is 9.18 Å². The molecule has 2 rings (SSSR count). The third-order valence-electron chi connectivity index (χ3n) is 3.01. The summed E-state index contributed by atoms with van der Waals surface area (Å²) in [6, 6.07) is 1.50. The zero-order chi connectivity index (χ0) is 12.6. The van der Waals surface area contributed by atoms with Gasteiger partial charge in [0.1, 0.15) is 11.3 Å². The smallest absolute Gasteiger partial charge is 0.235 e. The van der Waals surface area contributed by atoms with Crippen molar-refractivity contribution in [1.29, 1.82) is 0 Å². The van der Waals surface area contributed by atoms with Crippen molar-refractivity contribution >= 4 is 17.7 Å². The van der Waals surface area contributed by atoms with Crippen LogP contribution in [0.1, 0.15) is 24.0 Å². The average molecular weight is 256 g/mol. The molecule has 1 aliphatic carbocycles. The number of methoxy groups -OCH3 is 1. The van der Waals surface area contributed by atoms with Crippen molar-refractivity contribution in [3.05, 3.63) is 28.0 Å². The summed E-state index contributed by atoms with van der Waals surface area (Å²) in [7, 11) is 1.46. The number of carbonyl (C=O) groups excluding carboxylic acids is 1. The lowest BCUT2D eigenvalue weighted by Crippen LogP contribution is -2.10. The molecule has 90 valence electrons. The molecule has 0 aromatic heterocycles. The summed E-state index contributed by atoms with van der Waals surface area (Å²) >= 11 is 5.81. The van der Waals surface area contributed by atoms with Gasteiger partial charge in [0, 0.05) is 0 Å². The Hall–Kier alpha value is -1.38. The Balaban J connectivity index is 2.71. The van der Waals surface area contributed by atoms with Gasteiger partial charge in [0.2, 0.25) is 6.08 Å². The first kappa shape index (κ1) is 12.1. The lowest BCUT2D eigenvalue weighted by Gasteiger charge is -2.17. The second-order valence-corrected chi connectivity index (χ2v) is 4.54. The number of isocyanates is 1. The Labute approximate surface area is 103 Å². The molecule has 1 aromatic rings. The molecule has 1 aromatic carbocycles. The molecule has 0 heterocycles. The fourth-order valence-electron chi connectivity index (χ4n) is 2.04. The van der Waals surface area contributed by atoms with Crippen LogP contribution in [0.3, 0.4) is 0 Å². The zero-order valence-electron chi connectivity index (χ0n) is 9.51. The van der Waals surface area contributed by atoms with E-state index in [1.165, 1.54) is 19.3 Å². The Bertz CT molecular complexity index is 520. The molecule has 0 radical (unpaired) electrons. The van der Waals surface area contributed by atoms with Gasteiger partial charge in [-0.25, -0.2) is 9.18 Å². The van der Waals surface area contributed by atoms with E-state index in [1.54, 1.807) is 6.92 Å². The topological polar surface area (TPSA) is 38.7 Å². The molecular formula is C12H11ClFNO2. The second-order valence-electron chi connectivity index (χ2n) is 4.13. The quantitative estimate of drug-likeness (QED) is 0.615. The number of halogens is 2. The van der Waals surface area contributed by atoms with Crippen molar-refractivity contribution in [2.45, 2.75) is 25.3 Å². The van der Waals surface area contributed by atoms with Crippen molar-refractivity contribution in [3.63, 3.8) is 0 Å². The number of aryl methyl sites for hydroxylation is 1. The molecule has 3 nitrogen and oxygen atoms in total. The van der Waals surface area contributed by atoms with Gasteiger partial charge >= 0.3 is 0 Å². The van der Waals surface area contributed by atoms with Crippen molar-refractivity contribution in [2.24, 2.45) is 4.99 Å². The highest BCUT2D eigenvalue weighted by molar-refractivity contribution is 6.31. The Morgan fingerprint density at radius 2 is 2.24 bits per heavy atom. The first-order chi connectivity index (χ1) is 8.05. The summed E-state index contributed by atoms with van der Waals surface area (Å²) in [5.41, 5.74) is 0.168. The molecule has 17 heavy (non-hydrogen) atoms. The minimum absolute atomic E-state index is 0.0191. The van der Waals surface area contributed by atoms with E-state index in [1.807, 2.05) is 0 Å². The fraction of sp³-hybridized carbons (Fsp3) is 0.417. The fourth-order valence-corrected chi connectivity index (χ4v) is 2.30. The number of rotatable bonds is 3. The van der Waals surface area contributed by atoms with Crippen LogP contribution in [0.4, 0.5) is 4.39 Å². The highest BCUT2D eigenvalue weighted by Crippen LogP contribution is 2.54. The van der Waals surface area contributed by atoms with Crippen LogP contribution in [-0.2, 0) is 10.3 Å². The van der Waals surface area contributed by atoms with Gasteiger partial charge in [0.05, 0.1) is 17.7 Å². The van der Waals surface area contributed by atoms with Crippen LogP contribution in [0.5, 0.6) is 5.75 Å². The van der Waals surface area contributed by atoms with Crippen LogP contribution in [0, 0.1) is 12.7 Å². The van der Waals surface area contributed by atoms with Crippen LogP contribution in [-0.4, -0.2) is 13.2 Å². The van der Waals surface area contributed by atoms with Gasteiger partial charge in [-0.2, -0.15) is 4.99 Å². The molecule has 5 heteroatoms. The van der Waals surface area contributed by atoms with Crippen molar-refractivity contribution in [3.8, 4) is 5.75 Å². The van der Waals surface area contributed by atoms with E-state index >= 15 is 0 Å². The number of ether oxygens (including phenoxy) is 1. The van der Waals surface area contributed by atoms with Crippen LogP contribution in [0.25, 0.3) is 0 Å². The highest BCUT2D eigenvalue weighted by atomic mass is 35.5. The largest absolute Gasteiger partial charge is 0.496 e. The predicted molar refractivity (Wildman–Crippen MR) is 61.7 cm³/mol. The summed E-state index contributed by atoms with van der Waals surface area (Å²) in [6.45, 7) is 1.77. The van der Waals surface area contributed by atoms with Crippen LogP contribution >= 0.6 is 11.6 Å². The number of hydrogen-bond acceptors (Lipinski definition) is 3. The molecule has 1 fully saturated rings. The summed E-state index contributed by atoms with van der Waals surface area (Å²) < 4.78 is 19.3. The number of nitrogens with zero attached hydrogens (tertiary/aromatic N) is 1. The Morgan fingerprint density at radius 1 is 1.59 bits per heavy atom. The molecule has 0 N–H and O–H groups in total. The lowest BCUT2D eigenvalue weighted by molar-refractivity contribution is 0.394. The summed E-state index contributed by atoms with van der Waals surface area (Å²) in [5, 5.41) is 0.0191. The summed E-state index contributed by atoms with van der Waals surface area (Å²) in [4.78, 5) is 14.1. The number of hydrogen-bond donors (Lipinski definition) is 0. The molecule has 0 aliphatic heterocycles. The van der Waals surface area contributed by atoms with Crippen molar-refractivity contribution in [1.82, 2.24) is 0 Å². The first-order valence-electron chi connectivity index (χ1n) is 5.18. The maximum absolute atomic E-state index is 14.1. The van der Waals surface area contributed by atoms with E-state index in [4.69, 9.17) is 16.3 Å². The molecule has 0 bridgehead atoms. The third kappa shape index (κ3) is 1.84. The number of aliphatic imine (C=N–C) groups is 1. The SMILES string of the molecule is COc1c(C)cc(Cl)c(F)c1C1(N=C=O)CC1. The van der Waals surface area contributed by atoms with Gasteiger partial charge in [0.15, 0.2) is 5.82 Å². The van der Waals surface area contributed by atoms with E-state index < -0.39 is 11.4 Å². The van der Waals surface area contributed by atoms with Gasteiger partial charge in [-0.1, -0.05) is 11.6 Å². The van der Waals surface area contributed by atoms with E-state index in [2.05, 4.69) is 4.99 Å². The first-order valence-corrected chi connectivity index (χ1v) is 5.55. The van der Waals surface area contributed by atoms with Crippen molar-refractivity contribution in [2.75, 3.05) is 7.11 Å². The Morgan fingerprint density at radius 3 is 2.71 bits per heavy atom. The van der Waals surface area contributed by atoms with Crippen LogP contribution in [0.15, 0.2) is 11.1 Å². The predicted octanol–water partition coefficient (Wildman–Crippen LogP) is 3.12. The van der Waals surface area contributed by atoms with E-state index in [0.717, 1.165) is 5.56 Å². The third-order valence-corrected chi connectivity index (χ3v) is 3.29. The summed E-state index contributed by atoms with van der Waals surface area (Å²) in [6.07, 6.45) is 2.71. The van der Waals surface area contributed by atoms with E-state index in [0.29, 0.717) is 18.6 Å². The molecular weight excluding hydrogens is 245 g/mol. The minimum atomic E-state index is -0.827. The molecule has 0 spiro atoms. The number of benzene rings is 1. The highest BCUT2D eigenvalue weighted by Gasteiger charge is 2.49. The molecule has 0 amide bonds. The van der Waals surface area contributed by atoms with Gasteiger partial charge < -0.3 is 4.74 Å². The van der Waals surface area contributed by atoms with Crippen molar-refractivity contribution < 1.29 is 13.9 Å². The zero-order valence-corrected chi connectivity index (χ0v) is 10.3. The van der Waals surface area contributed by atoms with Gasteiger partial charge in [-0.3, -0.25) is 0 Å². The normalized spacial score (nSPS) is 16.2. The maximum atomic E-state index is 14.1. The monoisotopic (exact) mass is 255 g/mol. The van der Waals surface area contributed by atoms with Crippen LogP contribution in [0.2, 0.25) is 5.02 Å². The maximum Gasteiger partial charge on any atom is 0.235 e. The van der Waals surface area contributed by atoms with Gasteiger partial charge in [-0.05, 0) is 31.4 Å². The minimum Gasteiger partial charge on any atom is -0.496 e. The standard InChI is InChI=1S/C12H11ClFNO2/c1-7-5-8(13)10(14)9(11(7)17-2)12(3-4-12)15-6-16/h5H,3-4H2,1-2H3. The van der Waals surface area contributed by atoms with Gasteiger partial charge in [-0.15, -0.1) is 0 Å². The average Bonchev–Trinajstić information content (AvgIpc) is 3.04. The Kier molecular flexibility index (Phi) is 2.94. The van der Waals surface area contributed by atoms with Crippen LogP contribution < -0.4 is 4.74 Å². The molecule has 1 aliphatic rings. The molecule has 1 saturated carbocycles. The molecule has 0 unspecified atom stereocenters.